The van der Waals surface area contributed by atoms with Crippen LogP contribution in [-0.4, -0.2) is 49.7 Å². The highest BCUT2D eigenvalue weighted by Gasteiger charge is 2.45. The molecule has 2 N–H and O–H groups in total. The smallest absolute Gasteiger partial charge is 0.378 e. The molecule has 1 aliphatic carbocycles. The molecule has 1 saturated carbocycles. The van der Waals surface area contributed by atoms with Crippen LogP contribution < -0.4 is 0 Å². The Kier molecular flexibility index (Phi) is 7.49. The molecule has 1 rings (SSSR count). The van der Waals surface area contributed by atoms with Gasteiger partial charge in [-0.05, 0) is 33.0 Å². The maximum absolute atomic E-state index is 12.2. The van der Waals surface area contributed by atoms with Gasteiger partial charge in [-0.2, -0.15) is 0 Å². The summed E-state index contributed by atoms with van der Waals surface area (Å²) in [5.74, 6) is 0.748. The average Bonchev–Trinajstić information content (AvgIpc) is 2.69. The molecule has 0 saturated heterocycles. The van der Waals surface area contributed by atoms with Crippen molar-refractivity contribution in [3.05, 3.63) is 11.9 Å². The zero-order chi connectivity index (χ0) is 18.8. The number of phosphoric acid groups is 1. The second-order valence-electron chi connectivity index (χ2n) is 6.91. The van der Waals surface area contributed by atoms with Gasteiger partial charge in [0.05, 0.1) is 17.8 Å². The number of hydrogen-bond acceptors (Lipinski definition) is 6. The maximum atomic E-state index is 12.2. The largest absolute Gasteiger partial charge is 0.473 e. The monoisotopic (exact) mass is 384 g/mol. The first kappa shape index (κ1) is 22.1. The molecule has 11 heteroatoms. The van der Waals surface area contributed by atoms with E-state index >= 15 is 0 Å². The molecule has 24 heavy (non-hydrogen) atoms. The average molecular weight is 384 g/mol. The highest BCUT2D eigenvalue weighted by Crippen LogP contribution is 2.53. The number of ether oxygens (including phenoxy) is 1. The van der Waals surface area contributed by atoms with Crippen LogP contribution in [-0.2, 0) is 27.4 Å². The van der Waals surface area contributed by atoms with Crippen molar-refractivity contribution >= 4 is 23.3 Å². The predicted octanol–water partition coefficient (Wildman–Crippen LogP) is 2.09. The van der Waals surface area contributed by atoms with E-state index in [0.717, 1.165) is 12.9 Å². The molecule has 8 nitrogen and oxygen atoms in total. The number of hydrogen-bond donors (Lipinski definition) is 2. The second kappa shape index (κ2) is 8.15. The van der Waals surface area contributed by atoms with Crippen LogP contribution in [0.15, 0.2) is 11.9 Å². The van der Waals surface area contributed by atoms with E-state index in [4.69, 9.17) is 13.8 Å². The number of phosphoric ester groups is 1. The molecule has 6 atom stereocenters. The topological polar surface area (TPSA) is 112 Å². The predicted molar refractivity (Wildman–Crippen MR) is 92.7 cm³/mol. The standard InChI is InChI=1S/C13H27BO8P2/c1-13(2,3)22-24(17,18)21-12-10(14)8-9(11(12)19-4)6-7-23(15,16)20-5/h6-7,9-12H,8,14H2,1-5H3,(H,15,16)(H,17,18)/b7-6+/t9-,10+,11+,12-/m0/s1. The summed E-state index contributed by atoms with van der Waals surface area (Å²) >= 11 is 0. The van der Waals surface area contributed by atoms with Crippen LogP contribution >= 0.6 is 15.4 Å². The lowest BCUT2D eigenvalue weighted by Crippen LogP contribution is -2.31. The Morgan fingerprint density at radius 3 is 2.21 bits per heavy atom. The summed E-state index contributed by atoms with van der Waals surface area (Å²) in [6, 6.07) is 0. The summed E-state index contributed by atoms with van der Waals surface area (Å²) in [6.45, 7) is 4.96. The van der Waals surface area contributed by atoms with Crippen LogP contribution in [0.1, 0.15) is 27.2 Å². The minimum Gasteiger partial charge on any atom is -0.378 e. The van der Waals surface area contributed by atoms with Crippen LogP contribution in [0.4, 0.5) is 0 Å². The summed E-state index contributed by atoms with van der Waals surface area (Å²) in [5, 5.41) is 0. The number of methoxy groups -OCH3 is 1. The quantitative estimate of drug-likeness (QED) is 0.507. The third-order valence-corrected chi connectivity index (χ3v) is 6.01. The summed E-state index contributed by atoms with van der Waals surface area (Å²) in [5.41, 5.74) is -0.837. The molecule has 0 radical (unpaired) electrons. The minimum absolute atomic E-state index is 0.103. The summed E-state index contributed by atoms with van der Waals surface area (Å²) in [6.07, 6.45) is 0.880. The van der Waals surface area contributed by atoms with Crippen LogP contribution in [0.25, 0.3) is 0 Å². The van der Waals surface area contributed by atoms with Crippen molar-refractivity contribution in [3.63, 3.8) is 0 Å². The summed E-state index contributed by atoms with van der Waals surface area (Å²) < 4.78 is 44.1. The first-order valence-electron chi connectivity index (χ1n) is 7.62. The van der Waals surface area contributed by atoms with Crippen molar-refractivity contribution in [2.75, 3.05) is 14.2 Å². The van der Waals surface area contributed by atoms with Gasteiger partial charge in [0.1, 0.15) is 7.85 Å². The Morgan fingerprint density at radius 1 is 1.17 bits per heavy atom. The fourth-order valence-electron chi connectivity index (χ4n) is 2.73. The molecule has 0 bridgehead atoms. The molecule has 1 fully saturated rings. The molecule has 0 aromatic heterocycles. The van der Waals surface area contributed by atoms with E-state index in [1.54, 1.807) is 20.8 Å². The van der Waals surface area contributed by atoms with Crippen molar-refractivity contribution in [2.24, 2.45) is 5.92 Å². The number of rotatable bonds is 7. The summed E-state index contributed by atoms with van der Waals surface area (Å²) in [4.78, 5) is 19.4. The van der Waals surface area contributed by atoms with Crippen molar-refractivity contribution in [1.82, 2.24) is 0 Å². The molecule has 0 heterocycles. The molecular weight excluding hydrogens is 357 g/mol. The van der Waals surface area contributed by atoms with E-state index in [-0.39, 0.29) is 11.7 Å². The Bertz CT molecular complexity index is 547. The fraction of sp³-hybridized carbons (Fsp3) is 0.846. The lowest BCUT2D eigenvalue weighted by atomic mass is 9.84. The van der Waals surface area contributed by atoms with E-state index in [1.807, 2.05) is 7.85 Å². The van der Waals surface area contributed by atoms with E-state index < -0.39 is 33.2 Å². The molecule has 1 aliphatic rings. The van der Waals surface area contributed by atoms with Gasteiger partial charge in [-0.15, -0.1) is 0 Å². The second-order valence-corrected chi connectivity index (χ2v) is 10.0. The lowest BCUT2D eigenvalue weighted by molar-refractivity contribution is -0.0215. The van der Waals surface area contributed by atoms with Gasteiger partial charge in [0, 0.05) is 26.0 Å². The highest BCUT2D eigenvalue weighted by atomic mass is 31.2. The van der Waals surface area contributed by atoms with E-state index in [1.165, 1.54) is 13.2 Å². The Labute approximate surface area is 144 Å². The van der Waals surface area contributed by atoms with E-state index in [9.17, 15) is 18.9 Å². The van der Waals surface area contributed by atoms with Gasteiger partial charge in [-0.3, -0.25) is 13.6 Å². The molecule has 0 amide bonds. The molecule has 0 spiro atoms. The first-order valence-corrected chi connectivity index (χ1v) is 10.8. The van der Waals surface area contributed by atoms with Gasteiger partial charge in [0.25, 0.3) is 0 Å². The van der Waals surface area contributed by atoms with Gasteiger partial charge >= 0.3 is 15.4 Å². The van der Waals surface area contributed by atoms with E-state index in [0.29, 0.717) is 6.42 Å². The van der Waals surface area contributed by atoms with Crippen LogP contribution in [0.5, 0.6) is 0 Å². The normalized spacial score (nSPS) is 33.5. The van der Waals surface area contributed by atoms with E-state index in [2.05, 4.69) is 4.52 Å². The lowest BCUT2D eigenvalue weighted by Gasteiger charge is -2.29. The molecule has 0 aromatic carbocycles. The molecule has 2 unspecified atom stereocenters. The Morgan fingerprint density at radius 2 is 1.75 bits per heavy atom. The van der Waals surface area contributed by atoms with Crippen LogP contribution in [0.2, 0.25) is 5.82 Å². The van der Waals surface area contributed by atoms with Crippen molar-refractivity contribution in [3.8, 4) is 0 Å². The molecular formula is C13H27BO8P2. The zero-order valence-corrected chi connectivity index (χ0v) is 16.7. The van der Waals surface area contributed by atoms with Gasteiger partial charge in [0.15, 0.2) is 0 Å². The van der Waals surface area contributed by atoms with Gasteiger partial charge in [-0.1, -0.05) is 6.08 Å². The van der Waals surface area contributed by atoms with Crippen molar-refractivity contribution < 1.29 is 37.2 Å². The first-order chi connectivity index (χ1) is 10.8. The SMILES string of the molecule is B[C@@H]1C[C@H](/C=C/P(=O)(O)OC)[C@@H](OC)[C@H]1OP(=O)(O)OC(C)(C)C. The van der Waals surface area contributed by atoms with Gasteiger partial charge in [0.2, 0.25) is 0 Å². The maximum Gasteiger partial charge on any atom is 0.473 e. The summed E-state index contributed by atoms with van der Waals surface area (Å²) in [7, 11) is -3.58. The van der Waals surface area contributed by atoms with Gasteiger partial charge < -0.3 is 19.0 Å². The third kappa shape index (κ3) is 6.73. The Hall–Kier alpha value is 0.0249. The minimum atomic E-state index is -4.27. The molecule has 140 valence electrons. The van der Waals surface area contributed by atoms with Crippen molar-refractivity contribution in [1.29, 1.82) is 0 Å². The zero-order valence-electron chi connectivity index (χ0n) is 14.9. The Balaban J connectivity index is 2.89. The molecule has 0 aromatic rings. The third-order valence-electron chi connectivity index (χ3n) is 3.65. The van der Waals surface area contributed by atoms with Crippen LogP contribution in [0.3, 0.4) is 0 Å². The van der Waals surface area contributed by atoms with Crippen LogP contribution in [0, 0.1) is 5.92 Å². The van der Waals surface area contributed by atoms with Gasteiger partial charge in [-0.25, -0.2) is 4.57 Å². The van der Waals surface area contributed by atoms with Crippen molar-refractivity contribution in [2.45, 2.75) is 50.8 Å². The fourth-order valence-corrected chi connectivity index (χ4v) is 4.66. The highest BCUT2D eigenvalue weighted by molar-refractivity contribution is 7.56. The molecule has 0 aliphatic heterocycles.